The van der Waals surface area contributed by atoms with Gasteiger partial charge in [0.1, 0.15) is 0 Å². The van der Waals surface area contributed by atoms with Crippen LogP contribution >= 0.6 is 0 Å². The molecule has 21 heavy (non-hydrogen) atoms. The largest absolute Gasteiger partial charge is 0.381 e. The fourth-order valence-corrected chi connectivity index (χ4v) is 2.93. The van der Waals surface area contributed by atoms with Crippen LogP contribution < -0.4 is 10.6 Å². The number of hydrogen-bond acceptors (Lipinski definition) is 5. The van der Waals surface area contributed by atoms with E-state index in [-0.39, 0.29) is 0 Å². The van der Waals surface area contributed by atoms with Crippen LogP contribution in [0.1, 0.15) is 19.0 Å². The topological polar surface area (TPSA) is 64.0 Å². The highest BCUT2D eigenvalue weighted by molar-refractivity contribution is 5.81. The molecule has 0 saturated carbocycles. The van der Waals surface area contributed by atoms with Gasteiger partial charge in [0.05, 0.1) is 30.8 Å². The summed E-state index contributed by atoms with van der Waals surface area (Å²) in [4.78, 5) is 4.50. The van der Waals surface area contributed by atoms with Crippen molar-refractivity contribution in [3.63, 3.8) is 0 Å². The van der Waals surface area contributed by atoms with Crippen LogP contribution in [0.25, 0.3) is 11.0 Å². The highest BCUT2D eigenvalue weighted by atomic mass is 16.5. The summed E-state index contributed by atoms with van der Waals surface area (Å²) >= 11 is 0. The number of aromatic nitrogens is 3. The minimum atomic E-state index is 0.362. The van der Waals surface area contributed by atoms with Crippen molar-refractivity contribution in [2.24, 2.45) is 7.05 Å². The first-order valence-electron chi connectivity index (χ1n) is 7.50. The average molecular weight is 289 g/mol. The van der Waals surface area contributed by atoms with Crippen molar-refractivity contribution < 1.29 is 4.74 Å². The van der Waals surface area contributed by atoms with E-state index in [1.54, 1.807) is 0 Å². The van der Waals surface area contributed by atoms with Crippen LogP contribution in [0, 0.1) is 6.92 Å². The predicted octanol–water partition coefficient (Wildman–Crippen LogP) is 1.46. The van der Waals surface area contributed by atoms with E-state index in [0.717, 1.165) is 48.6 Å². The Labute approximate surface area is 124 Å². The number of nitrogens with one attached hydrogen (secondary N) is 2. The lowest BCUT2D eigenvalue weighted by atomic mass is 10.1. The van der Waals surface area contributed by atoms with Gasteiger partial charge in [0.2, 0.25) is 0 Å². The molecule has 2 aromatic heterocycles. The van der Waals surface area contributed by atoms with Crippen LogP contribution in [0.2, 0.25) is 0 Å². The molecular formula is C15H23N5O. The highest BCUT2D eigenvalue weighted by Gasteiger charge is 2.16. The molecule has 0 spiro atoms. The minimum absolute atomic E-state index is 0.362. The molecule has 1 aliphatic heterocycles. The van der Waals surface area contributed by atoms with Gasteiger partial charge in [-0.25, -0.2) is 4.98 Å². The molecule has 3 heterocycles. The lowest BCUT2D eigenvalue weighted by molar-refractivity contribution is 0.0731. The first-order chi connectivity index (χ1) is 10.1. The quantitative estimate of drug-likeness (QED) is 0.892. The third kappa shape index (κ3) is 3.16. The molecule has 3 rings (SSSR count). The maximum Gasteiger partial charge on any atom is 0.157 e. The number of fused-ring (bicyclic) bond motifs is 1. The van der Waals surface area contributed by atoms with Gasteiger partial charge in [0.25, 0.3) is 0 Å². The van der Waals surface area contributed by atoms with Crippen LogP contribution in [-0.2, 0) is 11.8 Å². The second-order valence-electron chi connectivity index (χ2n) is 5.81. The number of hydrogen-bond donors (Lipinski definition) is 2. The van der Waals surface area contributed by atoms with Gasteiger partial charge in [0, 0.05) is 31.1 Å². The van der Waals surface area contributed by atoms with E-state index in [9.17, 15) is 0 Å². The summed E-state index contributed by atoms with van der Waals surface area (Å²) in [6.45, 7) is 6.76. The molecule has 114 valence electrons. The molecule has 0 amide bonds. The van der Waals surface area contributed by atoms with E-state index in [0.29, 0.717) is 12.1 Å². The summed E-state index contributed by atoms with van der Waals surface area (Å²) in [5, 5.41) is 12.5. The van der Waals surface area contributed by atoms with Gasteiger partial charge in [-0.15, -0.1) is 0 Å². The van der Waals surface area contributed by atoms with E-state index in [1.165, 1.54) is 0 Å². The standard InChI is InChI=1S/C15H23N5O/c1-10(6-13-9-21-5-4-16-13)18-12-7-14-11(2)19-20(3)15(14)17-8-12/h7-8,10,13,16,18H,4-6,9H2,1-3H3. The Morgan fingerprint density at radius 2 is 2.43 bits per heavy atom. The number of anilines is 1. The predicted molar refractivity (Wildman–Crippen MR) is 83.6 cm³/mol. The average Bonchev–Trinajstić information content (AvgIpc) is 2.74. The second kappa shape index (κ2) is 5.99. The fourth-order valence-electron chi connectivity index (χ4n) is 2.93. The van der Waals surface area contributed by atoms with Crippen LogP contribution in [0.5, 0.6) is 0 Å². The van der Waals surface area contributed by atoms with Crippen LogP contribution in [0.4, 0.5) is 5.69 Å². The first-order valence-corrected chi connectivity index (χ1v) is 7.50. The molecule has 1 saturated heterocycles. The number of pyridine rings is 1. The molecule has 1 fully saturated rings. The number of morpholine rings is 1. The summed E-state index contributed by atoms with van der Waals surface area (Å²) in [5.41, 5.74) is 2.98. The maximum absolute atomic E-state index is 5.50. The molecule has 0 bridgehead atoms. The molecule has 0 aromatic carbocycles. The summed E-state index contributed by atoms with van der Waals surface area (Å²) in [6.07, 6.45) is 2.91. The SMILES string of the molecule is Cc1nn(C)c2ncc(NC(C)CC3COCCN3)cc12. The van der Waals surface area contributed by atoms with Crippen LogP contribution in [0.15, 0.2) is 12.3 Å². The summed E-state index contributed by atoms with van der Waals surface area (Å²) in [6, 6.07) is 2.92. The van der Waals surface area contributed by atoms with Crippen LogP contribution in [0.3, 0.4) is 0 Å². The molecule has 2 unspecified atom stereocenters. The molecule has 0 aliphatic carbocycles. The van der Waals surface area contributed by atoms with Crippen molar-refractivity contribution in [3.05, 3.63) is 18.0 Å². The molecule has 1 aliphatic rings. The zero-order chi connectivity index (χ0) is 14.8. The van der Waals surface area contributed by atoms with Gasteiger partial charge < -0.3 is 15.4 Å². The van der Waals surface area contributed by atoms with Crippen molar-refractivity contribution in [1.82, 2.24) is 20.1 Å². The van der Waals surface area contributed by atoms with E-state index >= 15 is 0 Å². The van der Waals surface area contributed by atoms with E-state index in [2.05, 4.69) is 33.7 Å². The minimum Gasteiger partial charge on any atom is -0.381 e. The lowest BCUT2D eigenvalue weighted by Gasteiger charge is -2.27. The fraction of sp³-hybridized carbons (Fsp3) is 0.600. The monoisotopic (exact) mass is 289 g/mol. The molecule has 6 heteroatoms. The van der Waals surface area contributed by atoms with Gasteiger partial charge in [-0.2, -0.15) is 5.10 Å². The molecule has 6 nitrogen and oxygen atoms in total. The summed E-state index contributed by atoms with van der Waals surface area (Å²) < 4.78 is 7.32. The summed E-state index contributed by atoms with van der Waals surface area (Å²) in [7, 11) is 1.92. The molecular weight excluding hydrogens is 266 g/mol. The van der Waals surface area contributed by atoms with Gasteiger partial charge in [-0.3, -0.25) is 4.68 Å². The van der Waals surface area contributed by atoms with Crippen molar-refractivity contribution in [1.29, 1.82) is 0 Å². The third-order valence-corrected chi connectivity index (χ3v) is 3.91. The summed E-state index contributed by atoms with van der Waals surface area (Å²) in [5.74, 6) is 0. The second-order valence-corrected chi connectivity index (χ2v) is 5.81. The Morgan fingerprint density at radius 3 is 3.19 bits per heavy atom. The Bertz CT molecular complexity index is 618. The highest BCUT2D eigenvalue weighted by Crippen LogP contribution is 2.20. The third-order valence-electron chi connectivity index (χ3n) is 3.91. The Morgan fingerprint density at radius 1 is 1.57 bits per heavy atom. The van der Waals surface area contributed by atoms with Gasteiger partial charge >= 0.3 is 0 Å². The molecule has 2 atom stereocenters. The maximum atomic E-state index is 5.50. The molecule has 2 N–H and O–H groups in total. The first kappa shape index (κ1) is 14.3. The zero-order valence-electron chi connectivity index (χ0n) is 12.9. The Kier molecular flexibility index (Phi) is 4.07. The number of nitrogens with zero attached hydrogens (tertiary/aromatic N) is 3. The van der Waals surface area contributed by atoms with Crippen LogP contribution in [-0.4, -0.2) is 46.6 Å². The normalized spacial score (nSPS) is 20.6. The van der Waals surface area contributed by atoms with E-state index in [4.69, 9.17) is 4.74 Å². The van der Waals surface area contributed by atoms with Gasteiger partial charge in [0.15, 0.2) is 5.65 Å². The van der Waals surface area contributed by atoms with Crippen molar-refractivity contribution in [2.75, 3.05) is 25.1 Å². The smallest absolute Gasteiger partial charge is 0.157 e. The Balaban J connectivity index is 1.67. The zero-order valence-corrected chi connectivity index (χ0v) is 12.9. The van der Waals surface area contributed by atoms with Crippen molar-refractivity contribution in [3.8, 4) is 0 Å². The Hall–Kier alpha value is -1.66. The molecule has 0 radical (unpaired) electrons. The van der Waals surface area contributed by atoms with E-state index in [1.807, 2.05) is 24.9 Å². The number of aryl methyl sites for hydroxylation is 2. The van der Waals surface area contributed by atoms with Crippen molar-refractivity contribution in [2.45, 2.75) is 32.4 Å². The number of rotatable bonds is 4. The molecule has 2 aromatic rings. The number of ether oxygens (including phenoxy) is 1. The lowest BCUT2D eigenvalue weighted by Crippen LogP contribution is -2.43. The van der Waals surface area contributed by atoms with Gasteiger partial charge in [-0.05, 0) is 26.3 Å². The van der Waals surface area contributed by atoms with E-state index < -0.39 is 0 Å². The van der Waals surface area contributed by atoms with Gasteiger partial charge in [-0.1, -0.05) is 0 Å². The van der Waals surface area contributed by atoms with Crippen molar-refractivity contribution >= 4 is 16.7 Å².